The monoisotopic (exact) mass is 326 g/mol. The molecular formula is C17H15ClN4O. The van der Waals surface area contributed by atoms with Gasteiger partial charge in [-0.2, -0.15) is 0 Å². The molecular weight excluding hydrogens is 312 g/mol. The van der Waals surface area contributed by atoms with E-state index in [0.29, 0.717) is 10.8 Å². The Balaban J connectivity index is 1.68. The second-order valence-corrected chi connectivity index (χ2v) is 5.54. The standard InChI is InChI=1S/C17H15ClN4O/c1-12(17-21-20-15-4-2-3-11-22(15)17)19-16(23)10-7-13-5-8-14(18)9-6-13/h2-12H,1H3,(H,19,23)/b10-7+. The minimum atomic E-state index is -0.255. The summed E-state index contributed by atoms with van der Waals surface area (Å²) < 4.78 is 1.86. The molecule has 0 spiro atoms. The lowest BCUT2D eigenvalue weighted by atomic mass is 10.2. The van der Waals surface area contributed by atoms with Crippen LogP contribution in [0.2, 0.25) is 5.02 Å². The van der Waals surface area contributed by atoms with Crippen molar-refractivity contribution < 1.29 is 4.79 Å². The summed E-state index contributed by atoms with van der Waals surface area (Å²) in [5.74, 6) is 0.494. The van der Waals surface area contributed by atoms with E-state index in [1.807, 2.05) is 47.9 Å². The number of nitrogens with zero attached hydrogens (tertiary/aromatic N) is 3. The molecule has 23 heavy (non-hydrogen) atoms. The van der Waals surface area contributed by atoms with Crippen LogP contribution in [0, 0.1) is 0 Å². The molecule has 0 saturated carbocycles. The Morgan fingerprint density at radius 2 is 2.00 bits per heavy atom. The minimum Gasteiger partial charge on any atom is -0.343 e. The summed E-state index contributed by atoms with van der Waals surface area (Å²) in [5, 5.41) is 11.8. The van der Waals surface area contributed by atoms with Crippen LogP contribution in [0.25, 0.3) is 11.7 Å². The van der Waals surface area contributed by atoms with E-state index in [1.54, 1.807) is 18.2 Å². The molecule has 1 atom stereocenters. The molecule has 0 bridgehead atoms. The molecule has 3 rings (SSSR count). The third-order valence-electron chi connectivity index (χ3n) is 3.38. The van der Waals surface area contributed by atoms with Crippen molar-refractivity contribution in [1.29, 1.82) is 0 Å². The molecule has 1 amide bonds. The topological polar surface area (TPSA) is 59.3 Å². The van der Waals surface area contributed by atoms with Gasteiger partial charge < -0.3 is 5.32 Å². The summed E-state index contributed by atoms with van der Waals surface area (Å²) in [4.78, 5) is 12.0. The van der Waals surface area contributed by atoms with Crippen LogP contribution in [0.3, 0.4) is 0 Å². The zero-order valence-electron chi connectivity index (χ0n) is 12.5. The number of halogens is 1. The van der Waals surface area contributed by atoms with Crippen molar-refractivity contribution in [2.75, 3.05) is 0 Å². The lowest BCUT2D eigenvalue weighted by Gasteiger charge is -2.10. The maximum atomic E-state index is 12.0. The molecule has 3 aromatic rings. The highest BCUT2D eigenvalue weighted by Crippen LogP contribution is 2.12. The Labute approximate surface area is 138 Å². The van der Waals surface area contributed by atoms with Gasteiger partial charge in [-0.05, 0) is 42.8 Å². The molecule has 1 unspecified atom stereocenters. The molecule has 2 aromatic heterocycles. The van der Waals surface area contributed by atoms with Gasteiger partial charge in [0.05, 0.1) is 6.04 Å². The van der Waals surface area contributed by atoms with Crippen LogP contribution in [0.5, 0.6) is 0 Å². The van der Waals surface area contributed by atoms with Gasteiger partial charge in [0.2, 0.25) is 5.91 Å². The zero-order valence-corrected chi connectivity index (χ0v) is 13.2. The summed E-state index contributed by atoms with van der Waals surface area (Å²) in [7, 11) is 0. The van der Waals surface area contributed by atoms with Crippen molar-refractivity contribution in [3.8, 4) is 0 Å². The fourth-order valence-corrected chi connectivity index (χ4v) is 2.35. The van der Waals surface area contributed by atoms with Crippen molar-refractivity contribution in [1.82, 2.24) is 19.9 Å². The Morgan fingerprint density at radius 1 is 1.22 bits per heavy atom. The van der Waals surface area contributed by atoms with E-state index in [-0.39, 0.29) is 11.9 Å². The summed E-state index contributed by atoms with van der Waals surface area (Å²) in [5.41, 5.74) is 1.66. The van der Waals surface area contributed by atoms with Crippen molar-refractivity contribution in [2.24, 2.45) is 0 Å². The fourth-order valence-electron chi connectivity index (χ4n) is 2.23. The van der Waals surface area contributed by atoms with Crippen molar-refractivity contribution in [3.05, 3.63) is 71.1 Å². The van der Waals surface area contributed by atoms with Crippen molar-refractivity contribution in [2.45, 2.75) is 13.0 Å². The van der Waals surface area contributed by atoms with E-state index >= 15 is 0 Å². The number of nitrogens with one attached hydrogen (secondary N) is 1. The Kier molecular flexibility index (Phi) is 4.39. The third-order valence-corrected chi connectivity index (χ3v) is 3.64. The Morgan fingerprint density at radius 3 is 2.78 bits per heavy atom. The molecule has 5 nitrogen and oxygen atoms in total. The van der Waals surface area contributed by atoms with Gasteiger partial charge in [0.15, 0.2) is 11.5 Å². The summed E-state index contributed by atoms with van der Waals surface area (Å²) in [6.45, 7) is 1.87. The van der Waals surface area contributed by atoms with E-state index in [2.05, 4.69) is 15.5 Å². The van der Waals surface area contributed by atoms with E-state index in [0.717, 1.165) is 11.2 Å². The first kappa shape index (κ1) is 15.2. The summed E-state index contributed by atoms with van der Waals surface area (Å²) >= 11 is 5.83. The number of hydrogen-bond donors (Lipinski definition) is 1. The molecule has 1 aromatic carbocycles. The molecule has 1 N–H and O–H groups in total. The van der Waals surface area contributed by atoms with Gasteiger partial charge in [-0.25, -0.2) is 0 Å². The average Bonchev–Trinajstić information content (AvgIpc) is 2.98. The van der Waals surface area contributed by atoms with Crippen molar-refractivity contribution >= 4 is 29.2 Å². The SMILES string of the molecule is CC(NC(=O)/C=C/c1ccc(Cl)cc1)c1nnc2ccccn12. The first-order valence-electron chi connectivity index (χ1n) is 7.17. The van der Waals surface area contributed by atoms with E-state index in [1.165, 1.54) is 6.08 Å². The van der Waals surface area contributed by atoms with Crippen LogP contribution in [0.15, 0.2) is 54.7 Å². The number of hydrogen-bond acceptors (Lipinski definition) is 3. The molecule has 0 saturated heterocycles. The fraction of sp³-hybridized carbons (Fsp3) is 0.118. The number of carbonyl (C=O) groups excluding carboxylic acids is 1. The molecule has 6 heteroatoms. The van der Waals surface area contributed by atoms with E-state index in [9.17, 15) is 4.79 Å². The molecule has 0 aliphatic rings. The van der Waals surface area contributed by atoms with Gasteiger partial charge in [0.25, 0.3) is 0 Å². The second kappa shape index (κ2) is 6.62. The highest BCUT2D eigenvalue weighted by molar-refractivity contribution is 6.30. The van der Waals surface area contributed by atoms with Gasteiger partial charge in [-0.3, -0.25) is 9.20 Å². The maximum absolute atomic E-state index is 12.0. The van der Waals surface area contributed by atoms with Crippen molar-refractivity contribution in [3.63, 3.8) is 0 Å². The summed E-state index contributed by atoms with van der Waals surface area (Å²) in [6.07, 6.45) is 5.10. The first-order chi connectivity index (χ1) is 11.1. The number of aromatic nitrogens is 3. The number of rotatable bonds is 4. The number of amides is 1. The van der Waals surface area contributed by atoms with Gasteiger partial charge >= 0.3 is 0 Å². The largest absolute Gasteiger partial charge is 0.343 e. The molecule has 0 aliphatic heterocycles. The van der Waals surface area contributed by atoms with Crippen LogP contribution in [0.1, 0.15) is 24.4 Å². The number of benzene rings is 1. The molecule has 0 radical (unpaired) electrons. The van der Waals surface area contributed by atoms with Gasteiger partial charge in [0.1, 0.15) is 0 Å². The quantitative estimate of drug-likeness (QED) is 0.748. The predicted octanol–water partition coefficient (Wildman–Crippen LogP) is 3.27. The normalized spacial score (nSPS) is 12.6. The van der Waals surface area contributed by atoms with Gasteiger partial charge in [-0.15, -0.1) is 10.2 Å². The van der Waals surface area contributed by atoms with Crippen LogP contribution in [-0.2, 0) is 4.79 Å². The lowest BCUT2D eigenvalue weighted by Crippen LogP contribution is -2.26. The molecule has 116 valence electrons. The first-order valence-corrected chi connectivity index (χ1v) is 7.55. The van der Waals surface area contributed by atoms with Gasteiger partial charge in [0, 0.05) is 17.3 Å². The smallest absolute Gasteiger partial charge is 0.244 e. The molecule has 0 aliphatic carbocycles. The third kappa shape index (κ3) is 3.57. The molecule has 0 fully saturated rings. The van der Waals surface area contributed by atoms with Crippen LogP contribution in [0.4, 0.5) is 0 Å². The average molecular weight is 327 g/mol. The highest BCUT2D eigenvalue weighted by atomic mass is 35.5. The predicted molar refractivity (Wildman–Crippen MR) is 90.0 cm³/mol. The summed E-state index contributed by atoms with van der Waals surface area (Å²) in [6, 6.07) is 12.7. The second-order valence-electron chi connectivity index (χ2n) is 5.10. The Bertz CT molecular complexity index is 854. The lowest BCUT2D eigenvalue weighted by molar-refractivity contribution is -0.117. The number of carbonyl (C=O) groups is 1. The van der Waals surface area contributed by atoms with Crippen LogP contribution in [-0.4, -0.2) is 20.5 Å². The Hall–Kier alpha value is -2.66. The molecule has 2 heterocycles. The van der Waals surface area contributed by atoms with E-state index in [4.69, 9.17) is 11.6 Å². The number of pyridine rings is 1. The zero-order chi connectivity index (χ0) is 16.2. The van der Waals surface area contributed by atoms with Crippen LogP contribution < -0.4 is 5.32 Å². The highest BCUT2D eigenvalue weighted by Gasteiger charge is 2.14. The van der Waals surface area contributed by atoms with Gasteiger partial charge in [-0.1, -0.05) is 29.8 Å². The minimum absolute atomic E-state index is 0.194. The number of fused-ring (bicyclic) bond motifs is 1. The van der Waals surface area contributed by atoms with Crippen LogP contribution >= 0.6 is 11.6 Å². The maximum Gasteiger partial charge on any atom is 0.244 e. The van der Waals surface area contributed by atoms with E-state index < -0.39 is 0 Å².